The number of nitrogens with zero attached hydrogens (tertiary/aromatic N) is 2. The first-order valence-electron chi connectivity index (χ1n) is 9.34. The van der Waals surface area contributed by atoms with E-state index >= 15 is 0 Å². The van der Waals surface area contributed by atoms with E-state index in [9.17, 15) is 4.79 Å². The van der Waals surface area contributed by atoms with E-state index in [0.717, 1.165) is 22.4 Å². The van der Waals surface area contributed by atoms with Crippen LogP contribution >= 0.6 is 0 Å². The summed E-state index contributed by atoms with van der Waals surface area (Å²) in [6.45, 7) is 0.436. The second-order valence-electron chi connectivity index (χ2n) is 6.74. The van der Waals surface area contributed by atoms with Crippen molar-refractivity contribution in [2.24, 2.45) is 12.1 Å². The van der Waals surface area contributed by atoms with Gasteiger partial charge in [0, 0.05) is 18.8 Å². The van der Waals surface area contributed by atoms with Crippen LogP contribution in [0.5, 0.6) is 5.75 Å². The van der Waals surface area contributed by atoms with Crippen LogP contribution in [-0.4, -0.2) is 16.7 Å². The van der Waals surface area contributed by atoms with Crippen LogP contribution in [0.25, 0.3) is 10.8 Å². The van der Waals surface area contributed by atoms with Gasteiger partial charge >= 0.3 is 0 Å². The number of carbonyl (C=O) groups excluding carboxylic acids is 1. The minimum Gasteiger partial charge on any atom is -0.489 e. The third-order valence-corrected chi connectivity index (χ3v) is 4.69. The molecule has 144 valence electrons. The molecule has 1 N–H and O–H groups in total. The van der Waals surface area contributed by atoms with Crippen molar-refractivity contribution in [2.45, 2.75) is 6.61 Å². The Balaban J connectivity index is 1.34. The van der Waals surface area contributed by atoms with Gasteiger partial charge in [-0.3, -0.25) is 4.79 Å². The number of benzene rings is 3. The molecular formula is C24H21N3O2. The van der Waals surface area contributed by atoms with Crippen molar-refractivity contribution in [3.05, 3.63) is 102 Å². The predicted octanol–water partition coefficient (Wildman–Crippen LogP) is 4.52. The molecule has 1 heterocycles. The lowest BCUT2D eigenvalue weighted by molar-refractivity contribution is 0.0955. The van der Waals surface area contributed by atoms with E-state index < -0.39 is 0 Å². The van der Waals surface area contributed by atoms with Gasteiger partial charge in [-0.2, -0.15) is 5.10 Å². The van der Waals surface area contributed by atoms with Gasteiger partial charge in [0.25, 0.3) is 5.91 Å². The normalized spacial score (nSPS) is 11.1. The SMILES string of the molecule is Cn1cccc1/C=N/NC(=O)c1ccc(COc2ccc3ccccc3c2)cc1. The molecule has 0 saturated heterocycles. The van der Waals surface area contributed by atoms with Crippen LogP contribution in [0.15, 0.2) is 90.2 Å². The van der Waals surface area contributed by atoms with E-state index in [0.29, 0.717) is 12.2 Å². The van der Waals surface area contributed by atoms with Crippen molar-refractivity contribution < 1.29 is 9.53 Å². The Morgan fingerprint density at radius 1 is 1.00 bits per heavy atom. The number of fused-ring (bicyclic) bond motifs is 1. The Morgan fingerprint density at radius 2 is 1.79 bits per heavy atom. The molecule has 0 spiro atoms. The molecule has 5 heteroatoms. The van der Waals surface area contributed by atoms with Crippen LogP contribution in [-0.2, 0) is 13.7 Å². The monoisotopic (exact) mass is 383 g/mol. The molecule has 1 amide bonds. The van der Waals surface area contributed by atoms with E-state index in [4.69, 9.17) is 4.74 Å². The van der Waals surface area contributed by atoms with Gasteiger partial charge in [0.05, 0.1) is 11.9 Å². The summed E-state index contributed by atoms with van der Waals surface area (Å²) >= 11 is 0. The van der Waals surface area contributed by atoms with Crippen LogP contribution in [0.4, 0.5) is 0 Å². The molecule has 4 aromatic rings. The largest absolute Gasteiger partial charge is 0.489 e. The molecular weight excluding hydrogens is 362 g/mol. The third-order valence-electron chi connectivity index (χ3n) is 4.69. The number of amides is 1. The first kappa shape index (κ1) is 18.5. The summed E-state index contributed by atoms with van der Waals surface area (Å²) < 4.78 is 7.81. The predicted molar refractivity (Wildman–Crippen MR) is 115 cm³/mol. The van der Waals surface area contributed by atoms with Crippen LogP contribution < -0.4 is 10.2 Å². The molecule has 0 aliphatic rings. The van der Waals surface area contributed by atoms with Gasteiger partial charge < -0.3 is 9.30 Å². The zero-order valence-electron chi connectivity index (χ0n) is 16.1. The van der Waals surface area contributed by atoms with Crippen molar-refractivity contribution in [3.63, 3.8) is 0 Å². The second kappa shape index (κ2) is 8.44. The van der Waals surface area contributed by atoms with Gasteiger partial charge in [0.15, 0.2) is 0 Å². The van der Waals surface area contributed by atoms with Crippen molar-refractivity contribution in [1.29, 1.82) is 0 Å². The molecule has 0 atom stereocenters. The molecule has 29 heavy (non-hydrogen) atoms. The smallest absolute Gasteiger partial charge is 0.271 e. The Hall–Kier alpha value is -3.86. The number of carbonyl (C=O) groups is 1. The van der Waals surface area contributed by atoms with E-state index in [1.54, 1.807) is 18.3 Å². The Morgan fingerprint density at radius 3 is 2.55 bits per heavy atom. The molecule has 0 aliphatic heterocycles. The molecule has 5 nitrogen and oxygen atoms in total. The van der Waals surface area contributed by atoms with Crippen molar-refractivity contribution >= 4 is 22.9 Å². The highest BCUT2D eigenvalue weighted by Crippen LogP contribution is 2.21. The van der Waals surface area contributed by atoms with Crippen LogP contribution in [0.1, 0.15) is 21.6 Å². The Labute approximate surface area is 169 Å². The lowest BCUT2D eigenvalue weighted by Crippen LogP contribution is -2.17. The van der Waals surface area contributed by atoms with Crippen LogP contribution in [0.3, 0.4) is 0 Å². The van der Waals surface area contributed by atoms with E-state index in [1.165, 1.54) is 5.39 Å². The highest BCUT2D eigenvalue weighted by Gasteiger charge is 2.05. The minimum absolute atomic E-state index is 0.252. The number of hydrogen-bond acceptors (Lipinski definition) is 3. The number of nitrogens with one attached hydrogen (secondary N) is 1. The lowest BCUT2D eigenvalue weighted by Gasteiger charge is -2.08. The number of ether oxygens (including phenoxy) is 1. The maximum atomic E-state index is 12.2. The molecule has 4 rings (SSSR count). The van der Waals surface area contributed by atoms with Gasteiger partial charge in [-0.15, -0.1) is 0 Å². The summed E-state index contributed by atoms with van der Waals surface area (Å²) in [6.07, 6.45) is 3.53. The molecule has 0 fully saturated rings. The summed E-state index contributed by atoms with van der Waals surface area (Å²) in [4.78, 5) is 12.2. The number of hydrogen-bond donors (Lipinski definition) is 1. The first-order valence-corrected chi connectivity index (χ1v) is 9.34. The topological polar surface area (TPSA) is 55.6 Å². The quantitative estimate of drug-likeness (QED) is 0.393. The van der Waals surface area contributed by atoms with Crippen molar-refractivity contribution in [1.82, 2.24) is 9.99 Å². The first-order chi connectivity index (χ1) is 14.2. The van der Waals surface area contributed by atoms with Gasteiger partial charge in [-0.1, -0.05) is 42.5 Å². The Kier molecular flexibility index (Phi) is 5.38. The standard InChI is InChI=1S/C24H21N3O2/c1-27-14-4-7-22(27)16-25-26-24(28)20-10-8-18(9-11-20)17-29-23-13-12-19-5-2-3-6-21(19)15-23/h2-16H,17H2,1H3,(H,26,28)/b25-16+. The number of aromatic nitrogens is 1. The van der Waals surface area contributed by atoms with Gasteiger partial charge in [0.1, 0.15) is 12.4 Å². The third kappa shape index (κ3) is 4.52. The summed E-state index contributed by atoms with van der Waals surface area (Å²) in [5, 5.41) is 6.34. The second-order valence-corrected chi connectivity index (χ2v) is 6.74. The summed E-state index contributed by atoms with van der Waals surface area (Å²) in [5.41, 5.74) is 4.99. The van der Waals surface area contributed by atoms with Crippen LogP contribution in [0.2, 0.25) is 0 Å². The molecule has 3 aromatic carbocycles. The summed E-state index contributed by atoms with van der Waals surface area (Å²) in [5.74, 6) is 0.568. The average molecular weight is 383 g/mol. The maximum Gasteiger partial charge on any atom is 0.271 e. The molecule has 0 saturated carbocycles. The minimum atomic E-state index is -0.252. The molecule has 1 aromatic heterocycles. The fraction of sp³-hybridized carbons (Fsp3) is 0.0833. The molecule has 0 aliphatic carbocycles. The van der Waals surface area contributed by atoms with Crippen LogP contribution in [0, 0.1) is 0 Å². The Bertz CT molecular complexity index is 1160. The highest BCUT2D eigenvalue weighted by atomic mass is 16.5. The number of rotatable bonds is 6. The molecule has 0 radical (unpaired) electrons. The highest BCUT2D eigenvalue weighted by molar-refractivity contribution is 5.94. The maximum absolute atomic E-state index is 12.2. The summed E-state index contributed by atoms with van der Waals surface area (Å²) in [7, 11) is 1.92. The van der Waals surface area contributed by atoms with E-state index in [-0.39, 0.29) is 5.91 Å². The molecule has 0 bridgehead atoms. The number of aryl methyl sites for hydroxylation is 1. The average Bonchev–Trinajstić information content (AvgIpc) is 3.17. The van der Waals surface area contributed by atoms with Crippen molar-refractivity contribution in [2.75, 3.05) is 0 Å². The van der Waals surface area contributed by atoms with Gasteiger partial charge in [0.2, 0.25) is 0 Å². The number of hydrazone groups is 1. The zero-order chi connectivity index (χ0) is 20.1. The zero-order valence-corrected chi connectivity index (χ0v) is 16.1. The van der Waals surface area contributed by atoms with E-state index in [1.807, 2.05) is 72.4 Å². The van der Waals surface area contributed by atoms with Crippen molar-refractivity contribution in [3.8, 4) is 5.75 Å². The van der Waals surface area contributed by atoms with Gasteiger partial charge in [-0.05, 0) is 52.7 Å². The fourth-order valence-corrected chi connectivity index (χ4v) is 3.01. The van der Waals surface area contributed by atoms with E-state index in [2.05, 4.69) is 22.7 Å². The lowest BCUT2D eigenvalue weighted by atomic mass is 10.1. The molecule has 0 unspecified atom stereocenters. The fourth-order valence-electron chi connectivity index (χ4n) is 3.01. The van der Waals surface area contributed by atoms with Gasteiger partial charge in [-0.25, -0.2) is 5.43 Å². The summed E-state index contributed by atoms with van der Waals surface area (Å²) in [6, 6.07) is 25.4.